The summed E-state index contributed by atoms with van der Waals surface area (Å²) < 4.78 is 20.9. The molecule has 10 heteroatoms. The Kier molecular flexibility index (Phi) is 10.4. The van der Waals surface area contributed by atoms with E-state index < -0.39 is 6.10 Å². The van der Waals surface area contributed by atoms with Crippen LogP contribution in [0.3, 0.4) is 0 Å². The average Bonchev–Trinajstić information content (AvgIpc) is 3.68. The molecule has 5 aromatic rings. The molecule has 0 saturated heterocycles. The summed E-state index contributed by atoms with van der Waals surface area (Å²) in [5, 5.41) is 31.0. The number of nitrogens with one attached hydrogen (secondary N) is 2. The maximum Gasteiger partial charge on any atom is 0.203 e. The van der Waals surface area contributed by atoms with E-state index >= 15 is 0 Å². The summed E-state index contributed by atoms with van der Waals surface area (Å²) in [6.07, 6.45) is 4.63. The van der Waals surface area contributed by atoms with Crippen LogP contribution in [0.25, 0.3) is 10.9 Å². The zero-order valence-corrected chi connectivity index (χ0v) is 21.7. The number of para-hydroxylation sites is 1. The van der Waals surface area contributed by atoms with Gasteiger partial charge in [0.05, 0.1) is 46.9 Å². The maximum absolute atomic E-state index is 10.5. The monoisotopic (exact) mass is 520 g/mol. The maximum atomic E-state index is 10.5. The molecule has 0 aliphatic heterocycles. The predicted octanol–water partition coefficient (Wildman–Crippen LogP) is 4.68. The van der Waals surface area contributed by atoms with E-state index in [0.717, 1.165) is 5.56 Å². The fourth-order valence-electron chi connectivity index (χ4n) is 3.66. The van der Waals surface area contributed by atoms with Crippen LogP contribution in [0, 0.1) is 0 Å². The second-order valence-corrected chi connectivity index (χ2v) is 7.91. The number of hydrogen-bond donors (Lipinski definition) is 4. The lowest BCUT2D eigenvalue weighted by Crippen LogP contribution is -2.04. The van der Waals surface area contributed by atoms with Crippen LogP contribution in [-0.2, 0) is 6.42 Å². The number of aromatic amines is 2. The van der Waals surface area contributed by atoms with Crippen molar-refractivity contribution in [3.05, 3.63) is 90.4 Å². The number of nitrogens with zero attached hydrogens (tertiary/aromatic N) is 2. The Morgan fingerprint density at radius 3 is 1.97 bits per heavy atom. The van der Waals surface area contributed by atoms with Crippen LogP contribution in [0.4, 0.5) is 0 Å². The van der Waals surface area contributed by atoms with Gasteiger partial charge in [-0.25, -0.2) is 0 Å². The van der Waals surface area contributed by atoms with E-state index in [1.165, 1.54) is 39.3 Å². The number of rotatable bonds is 7. The molecule has 2 heterocycles. The molecule has 0 radical (unpaired) electrons. The average molecular weight is 521 g/mol. The van der Waals surface area contributed by atoms with Crippen molar-refractivity contribution in [1.82, 2.24) is 20.4 Å². The summed E-state index contributed by atoms with van der Waals surface area (Å²) in [4.78, 5) is 3.12. The van der Waals surface area contributed by atoms with Gasteiger partial charge in [0.15, 0.2) is 23.0 Å². The van der Waals surface area contributed by atoms with Crippen molar-refractivity contribution in [3.63, 3.8) is 0 Å². The van der Waals surface area contributed by atoms with Crippen LogP contribution < -0.4 is 18.9 Å². The first-order valence-electron chi connectivity index (χ1n) is 11.7. The number of H-pyrrole nitrogens is 2. The van der Waals surface area contributed by atoms with Gasteiger partial charge >= 0.3 is 0 Å². The number of aromatic nitrogens is 4. The Labute approximate surface area is 220 Å². The molecule has 0 bridgehead atoms. The molecule has 0 aliphatic carbocycles. The molecular weight excluding hydrogens is 488 g/mol. The highest BCUT2D eigenvalue weighted by Gasteiger charge is 2.18. The molecule has 38 heavy (non-hydrogen) atoms. The molecule has 0 spiro atoms. The number of benzene rings is 3. The fourth-order valence-corrected chi connectivity index (χ4v) is 3.66. The van der Waals surface area contributed by atoms with Gasteiger partial charge in [0, 0.05) is 18.1 Å². The number of fused-ring (bicyclic) bond motifs is 1. The fraction of sp³-hybridized carbons (Fsp3) is 0.214. The van der Waals surface area contributed by atoms with Gasteiger partial charge in [-0.2, -0.15) is 15.4 Å². The van der Waals surface area contributed by atoms with Crippen molar-refractivity contribution in [2.45, 2.75) is 12.5 Å². The highest BCUT2D eigenvalue weighted by molar-refractivity contribution is 5.78. The third-order valence-corrected chi connectivity index (χ3v) is 5.54. The molecule has 0 fully saturated rings. The van der Waals surface area contributed by atoms with Crippen LogP contribution in [0.2, 0.25) is 0 Å². The van der Waals surface area contributed by atoms with Gasteiger partial charge in [-0.05, 0) is 52.9 Å². The number of hydrogen-bond acceptors (Lipinski definition) is 8. The predicted molar refractivity (Wildman–Crippen MR) is 144 cm³/mol. The third kappa shape index (κ3) is 7.40. The second kappa shape index (κ2) is 14.1. The Bertz CT molecular complexity index is 1320. The highest BCUT2D eigenvalue weighted by Crippen LogP contribution is 2.40. The summed E-state index contributed by atoms with van der Waals surface area (Å²) in [6.45, 7) is 0. The first-order chi connectivity index (χ1) is 18.5. The van der Waals surface area contributed by atoms with Gasteiger partial charge in [0.25, 0.3) is 0 Å². The number of ether oxygens (including phenoxy) is 4. The molecule has 2 aromatic heterocycles. The Balaban J connectivity index is 0.000000228. The summed E-state index contributed by atoms with van der Waals surface area (Å²) in [5.74, 6) is 1.85. The van der Waals surface area contributed by atoms with Gasteiger partial charge in [0.1, 0.15) is 0 Å². The Hall–Kier alpha value is -4.70. The Morgan fingerprint density at radius 2 is 1.45 bits per heavy atom. The molecule has 0 amide bonds. The third-order valence-electron chi connectivity index (χ3n) is 5.54. The van der Waals surface area contributed by atoms with E-state index in [2.05, 4.69) is 38.6 Å². The van der Waals surface area contributed by atoms with Crippen molar-refractivity contribution < 1.29 is 29.2 Å². The van der Waals surface area contributed by atoms with Gasteiger partial charge < -0.3 is 34.1 Å². The number of phenolic OH excluding ortho intramolecular Hbond substituents is 1. The molecule has 5 rings (SSSR count). The van der Waals surface area contributed by atoms with Gasteiger partial charge in [0.2, 0.25) is 5.75 Å². The second-order valence-electron chi connectivity index (χ2n) is 7.91. The number of aromatic hydroxyl groups is 1. The molecule has 10 nitrogen and oxygen atoms in total. The van der Waals surface area contributed by atoms with Crippen LogP contribution in [0.5, 0.6) is 28.7 Å². The first-order valence-corrected chi connectivity index (χ1v) is 11.7. The van der Waals surface area contributed by atoms with Crippen molar-refractivity contribution in [2.75, 3.05) is 28.4 Å². The van der Waals surface area contributed by atoms with Crippen LogP contribution in [0.15, 0.2) is 79.3 Å². The van der Waals surface area contributed by atoms with Gasteiger partial charge in [-0.3, -0.25) is 0 Å². The van der Waals surface area contributed by atoms with Crippen LogP contribution in [-0.4, -0.2) is 59.0 Å². The number of aliphatic hydroxyl groups is 1. The van der Waals surface area contributed by atoms with E-state index in [1.54, 1.807) is 42.7 Å². The lowest BCUT2D eigenvalue weighted by Gasteiger charge is -2.17. The molecular formula is C28H32N4O6. The molecule has 1 atom stereocenters. The summed E-state index contributed by atoms with van der Waals surface area (Å²) in [5.41, 5.74) is 2.60. The topological polar surface area (TPSA) is 135 Å². The molecule has 3 aromatic carbocycles. The standard InChI is InChI=1S/C18H22O6.C8H7N.C2H3N3/c1-21-15-6-5-11(8-14(15)20)7-13(19)12-9-16(22-2)18(24-4)17(10-12)23-3;1-2-4-8-7(3-1)5-6-9-8;1-2-4-5-3-1/h5-6,8-10,13,19-20H,7H2,1-4H3;1-6,9H;1-2H,(H,3,4,5)/t13-;;/m1../s1. The minimum absolute atomic E-state index is 0.0343. The lowest BCUT2D eigenvalue weighted by atomic mass is 10.00. The van der Waals surface area contributed by atoms with Gasteiger partial charge in [-0.15, -0.1) is 0 Å². The van der Waals surface area contributed by atoms with Crippen molar-refractivity contribution >= 4 is 10.9 Å². The Morgan fingerprint density at radius 1 is 0.789 bits per heavy atom. The van der Waals surface area contributed by atoms with Crippen LogP contribution >= 0.6 is 0 Å². The normalized spacial score (nSPS) is 10.9. The number of aliphatic hydroxyl groups excluding tert-OH is 1. The summed E-state index contributed by atoms with van der Waals surface area (Å²) in [6, 6.07) is 18.7. The number of phenols is 1. The minimum atomic E-state index is -0.800. The van der Waals surface area contributed by atoms with E-state index in [0.29, 0.717) is 35.0 Å². The van der Waals surface area contributed by atoms with Crippen LogP contribution in [0.1, 0.15) is 17.2 Å². The van der Waals surface area contributed by atoms with E-state index in [4.69, 9.17) is 18.9 Å². The summed E-state index contributed by atoms with van der Waals surface area (Å²) in [7, 11) is 6.06. The quantitative estimate of drug-likeness (QED) is 0.243. The van der Waals surface area contributed by atoms with Crippen molar-refractivity contribution in [2.24, 2.45) is 0 Å². The van der Waals surface area contributed by atoms with E-state index in [1.807, 2.05) is 18.3 Å². The highest BCUT2D eigenvalue weighted by atomic mass is 16.5. The molecule has 0 aliphatic rings. The number of methoxy groups -OCH3 is 4. The zero-order chi connectivity index (χ0) is 27.3. The molecule has 4 N–H and O–H groups in total. The molecule has 0 saturated carbocycles. The van der Waals surface area contributed by atoms with E-state index in [-0.39, 0.29) is 5.75 Å². The van der Waals surface area contributed by atoms with Crippen molar-refractivity contribution in [1.29, 1.82) is 0 Å². The largest absolute Gasteiger partial charge is 0.504 e. The van der Waals surface area contributed by atoms with Crippen molar-refractivity contribution in [3.8, 4) is 28.7 Å². The SMILES string of the molecule is COc1ccc(C[C@@H](O)c2cc(OC)c(OC)c(OC)c2)cc1O.c1ccc2[nH]ccc2c1.c1cn[nH]n1. The zero-order valence-electron chi connectivity index (χ0n) is 21.7. The molecule has 200 valence electrons. The summed E-state index contributed by atoms with van der Waals surface area (Å²) >= 11 is 0. The first kappa shape index (κ1) is 27.9. The minimum Gasteiger partial charge on any atom is -0.504 e. The smallest absolute Gasteiger partial charge is 0.203 e. The van der Waals surface area contributed by atoms with E-state index in [9.17, 15) is 10.2 Å². The molecule has 0 unspecified atom stereocenters. The van der Waals surface area contributed by atoms with Gasteiger partial charge in [-0.1, -0.05) is 24.3 Å². The lowest BCUT2D eigenvalue weighted by molar-refractivity contribution is 0.177.